The second-order valence-corrected chi connectivity index (χ2v) is 6.55. The fourth-order valence-corrected chi connectivity index (χ4v) is 3.46. The quantitative estimate of drug-likeness (QED) is 0.870. The monoisotopic (exact) mass is 340 g/mol. The standard InChI is InChI=1S/C16H22ClFN4O/c17-14-9-12(1-2-15(14)18)20-16(23)11-21-6-3-13(10-21)22-7-4-19-5-8-22/h1-2,9,13,19H,3-8,10-11H2,(H,20,23). The van der Waals surface area contributed by atoms with Gasteiger partial charge in [0.15, 0.2) is 0 Å². The van der Waals surface area contributed by atoms with E-state index in [0.29, 0.717) is 18.3 Å². The van der Waals surface area contributed by atoms with Crippen molar-refractivity contribution in [1.29, 1.82) is 0 Å². The molecular formula is C16H22ClFN4O. The average Bonchev–Trinajstić information content (AvgIpc) is 3.00. The number of amides is 1. The van der Waals surface area contributed by atoms with Crippen LogP contribution >= 0.6 is 11.6 Å². The number of carbonyl (C=O) groups is 1. The van der Waals surface area contributed by atoms with E-state index < -0.39 is 5.82 Å². The van der Waals surface area contributed by atoms with Crippen molar-refractivity contribution in [3.63, 3.8) is 0 Å². The molecule has 23 heavy (non-hydrogen) atoms. The molecule has 3 rings (SSSR count). The summed E-state index contributed by atoms with van der Waals surface area (Å²) in [6.45, 7) is 6.48. The third-order valence-corrected chi connectivity index (χ3v) is 4.78. The summed E-state index contributed by atoms with van der Waals surface area (Å²) in [7, 11) is 0. The van der Waals surface area contributed by atoms with E-state index in [1.807, 2.05) is 0 Å². The third kappa shape index (κ3) is 4.41. The van der Waals surface area contributed by atoms with E-state index in [4.69, 9.17) is 11.6 Å². The summed E-state index contributed by atoms with van der Waals surface area (Å²) in [5, 5.41) is 6.15. The van der Waals surface area contributed by atoms with Gasteiger partial charge in [0.1, 0.15) is 5.82 Å². The van der Waals surface area contributed by atoms with Crippen molar-refractivity contribution in [3.05, 3.63) is 29.0 Å². The van der Waals surface area contributed by atoms with Gasteiger partial charge in [-0.1, -0.05) is 11.6 Å². The van der Waals surface area contributed by atoms with Crippen LogP contribution in [0.5, 0.6) is 0 Å². The van der Waals surface area contributed by atoms with Gasteiger partial charge in [-0.15, -0.1) is 0 Å². The molecule has 0 radical (unpaired) electrons. The van der Waals surface area contributed by atoms with Crippen molar-refractivity contribution in [2.24, 2.45) is 0 Å². The number of nitrogens with one attached hydrogen (secondary N) is 2. The first-order valence-electron chi connectivity index (χ1n) is 8.04. The molecule has 7 heteroatoms. The lowest BCUT2D eigenvalue weighted by Gasteiger charge is -2.32. The Balaban J connectivity index is 1.47. The molecule has 0 bridgehead atoms. The highest BCUT2D eigenvalue weighted by Gasteiger charge is 2.29. The maximum atomic E-state index is 13.1. The lowest BCUT2D eigenvalue weighted by Crippen LogP contribution is -2.49. The van der Waals surface area contributed by atoms with Gasteiger partial charge >= 0.3 is 0 Å². The number of hydrogen-bond acceptors (Lipinski definition) is 4. The van der Waals surface area contributed by atoms with E-state index in [2.05, 4.69) is 20.4 Å². The number of nitrogens with zero attached hydrogens (tertiary/aromatic N) is 2. The zero-order valence-corrected chi connectivity index (χ0v) is 13.8. The van der Waals surface area contributed by atoms with Gasteiger partial charge in [0.25, 0.3) is 0 Å². The first-order chi connectivity index (χ1) is 11.1. The number of piperazine rings is 1. The van der Waals surface area contributed by atoms with Crippen LogP contribution in [0.2, 0.25) is 5.02 Å². The van der Waals surface area contributed by atoms with Crippen LogP contribution in [0.4, 0.5) is 10.1 Å². The Kier molecular flexibility index (Phi) is 5.48. The van der Waals surface area contributed by atoms with Crippen LogP contribution in [0.3, 0.4) is 0 Å². The molecule has 1 amide bonds. The van der Waals surface area contributed by atoms with Crippen LogP contribution in [0, 0.1) is 5.82 Å². The summed E-state index contributed by atoms with van der Waals surface area (Å²) in [6.07, 6.45) is 1.11. The first-order valence-corrected chi connectivity index (χ1v) is 8.41. The van der Waals surface area contributed by atoms with E-state index in [1.165, 1.54) is 18.2 Å². The van der Waals surface area contributed by atoms with E-state index in [9.17, 15) is 9.18 Å². The van der Waals surface area contributed by atoms with Gasteiger partial charge in [0, 0.05) is 51.0 Å². The highest BCUT2D eigenvalue weighted by molar-refractivity contribution is 6.31. The lowest BCUT2D eigenvalue weighted by atomic mass is 10.2. The molecule has 5 nitrogen and oxygen atoms in total. The van der Waals surface area contributed by atoms with Crippen molar-refractivity contribution in [1.82, 2.24) is 15.1 Å². The molecule has 2 N–H and O–H groups in total. The summed E-state index contributed by atoms with van der Waals surface area (Å²) in [5.41, 5.74) is 0.527. The molecule has 0 saturated carbocycles. The minimum absolute atomic E-state index is 0.0164. The zero-order chi connectivity index (χ0) is 16.2. The van der Waals surface area contributed by atoms with Gasteiger partial charge in [-0.3, -0.25) is 14.6 Å². The number of likely N-dealkylation sites (tertiary alicyclic amines) is 1. The van der Waals surface area contributed by atoms with Crippen molar-refractivity contribution >= 4 is 23.2 Å². The predicted octanol–water partition coefficient (Wildman–Crippen LogP) is 1.40. The van der Waals surface area contributed by atoms with E-state index in [0.717, 1.165) is 45.7 Å². The Labute approximate surface area is 140 Å². The van der Waals surface area contributed by atoms with Crippen molar-refractivity contribution in [3.8, 4) is 0 Å². The summed E-state index contributed by atoms with van der Waals surface area (Å²) in [4.78, 5) is 16.8. The number of hydrogen-bond donors (Lipinski definition) is 2. The molecule has 2 aliphatic heterocycles. The molecular weight excluding hydrogens is 319 g/mol. The molecule has 1 atom stereocenters. The van der Waals surface area contributed by atoms with Gasteiger partial charge in [-0.05, 0) is 24.6 Å². The summed E-state index contributed by atoms with van der Waals surface area (Å²) in [6, 6.07) is 4.76. The Morgan fingerprint density at radius 3 is 2.87 bits per heavy atom. The Morgan fingerprint density at radius 2 is 2.13 bits per heavy atom. The molecule has 0 aliphatic carbocycles. The van der Waals surface area contributed by atoms with Crippen LogP contribution in [-0.4, -0.2) is 67.6 Å². The van der Waals surface area contributed by atoms with Gasteiger partial charge < -0.3 is 10.6 Å². The fourth-order valence-electron chi connectivity index (χ4n) is 3.28. The number of halogens is 2. The van der Waals surface area contributed by atoms with Gasteiger partial charge in [-0.25, -0.2) is 4.39 Å². The smallest absolute Gasteiger partial charge is 0.238 e. The minimum Gasteiger partial charge on any atom is -0.325 e. The van der Waals surface area contributed by atoms with E-state index in [1.54, 1.807) is 0 Å². The Morgan fingerprint density at radius 1 is 1.35 bits per heavy atom. The maximum Gasteiger partial charge on any atom is 0.238 e. The third-order valence-electron chi connectivity index (χ3n) is 4.49. The van der Waals surface area contributed by atoms with Gasteiger partial charge in [0.05, 0.1) is 11.6 Å². The summed E-state index contributed by atoms with van der Waals surface area (Å²) in [5.74, 6) is -0.572. The first kappa shape index (κ1) is 16.6. The molecule has 2 fully saturated rings. The Bertz CT molecular complexity index is 565. The second-order valence-electron chi connectivity index (χ2n) is 6.14. The molecule has 2 aliphatic rings. The van der Waals surface area contributed by atoms with Gasteiger partial charge in [0.2, 0.25) is 5.91 Å². The highest BCUT2D eigenvalue weighted by Crippen LogP contribution is 2.20. The maximum absolute atomic E-state index is 13.1. The number of anilines is 1. The molecule has 1 aromatic carbocycles. The largest absolute Gasteiger partial charge is 0.325 e. The fraction of sp³-hybridized carbons (Fsp3) is 0.562. The van der Waals surface area contributed by atoms with Crippen LogP contribution < -0.4 is 10.6 Å². The Hall–Kier alpha value is -1.21. The molecule has 0 spiro atoms. The normalized spacial score (nSPS) is 23.1. The molecule has 0 aromatic heterocycles. The summed E-state index contributed by atoms with van der Waals surface area (Å²) < 4.78 is 13.1. The zero-order valence-electron chi connectivity index (χ0n) is 13.0. The molecule has 2 saturated heterocycles. The van der Waals surface area contributed by atoms with Crippen LogP contribution in [0.1, 0.15) is 6.42 Å². The van der Waals surface area contributed by atoms with E-state index >= 15 is 0 Å². The topological polar surface area (TPSA) is 47.6 Å². The second kappa shape index (κ2) is 7.57. The van der Waals surface area contributed by atoms with Crippen molar-refractivity contribution in [2.45, 2.75) is 12.5 Å². The predicted molar refractivity (Wildman–Crippen MR) is 89.3 cm³/mol. The average molecular weight is 341 g/mol. The highest BCUT2D eigenvalue weighted by atomic mass is 35.5. The minimum atomic E-state index is -0.483. The molecule has 1 aromatic rings. The molecule has 2 heterocycles. The van der Waals surface area contributed by atoms with Gasteiger partial charge in [-0.2, -0.15) is 0 Å². The van der Waals surface area contributed by atoms with Crippen molar-refractivity contribution < 1.29 is 9.18 Å². The van der Waals surface area contributed by atoms with Crippen LogP contribution in [0.15, 0.2) is 18.2 Å². The van der Waals surface area contributed by atoms with Crippen LogP contribution in [0.25, 0.3) is 0 Å². The van der Waals surface area contributed by atoms with E-state index in [-0.39, 0.29) is 10.9 Å². The number of rotatable bonds is 4. The number of benzene rings is 1. The summed E-state index contributed by atoms with van der Waals surface area (Å²) >= 11 is 5.73. The molecule has 126 valence electrons. The molecule has 1 unspecified atom stereocenters. The SMILES string of the molecule is O=C(CN1CCC(N2CCNCC2)C1)Nc1ccc(F)c(Cl)c1. The van der Waals surface area contributed by atoms with Crippen LogP contribution in [-0.2, 0) is 4.79 Å². The lowest BCUT2D eigenvalue weighted by molar-refractivity contribution is -0.117. The number of carbonyl (C=O) groups excluding carboxylic acids is 1. The van der Waals surface area contributed by atoms with Crippen molar-refractivity contribution in [2.75, 3.05) is 51.1 Å².